The zero-order valence-corrected chi connectivity index (χ0v) is 13.7. The number of aromatic hydroxyl groups is 2. The van der Waals surface area contributed by atoms with E-state index in [-0.39, 0.29) is 35.8 Å². The Morgan fingerprint density at radius 3 is 1.50 bits per heavy atom. The van der Waals surface area contributed by atoms with Gasteiger partial charge in [-0.1, -0.05) is 12.1 Å². The average Bonchev–Trinajstić information content (AvgIpc) is 2.68. The Labute approximate surface area is 148 Å². The number of phenols is 2. The lowest BCUT2D eigenvalue weighted by molar-refractivity contribution is 0.275. The minimum Gasteiger partial charge on any atom is -0.507 e. The van der Waals surface area contributed by atoms with Gasteiger partial charge in [0.05, 0.1) is 35.4 Å². The van der Waals surface area contributed by atoms with Crippen molar-refractivity contribution in [1.82, 2.24) is 9.97 Å². The Morgan fingerprint density at radius 2 is 1.12 bits per heavy atom. The van der Waals surface area contributed by atoms with Crippen LogP contribution in [-0.4, -0.2) is 30.4 Å². The number of pyridine rings is 2. The maximum atomic E-state index is 10.8. The fourth-order valence-electron chi connectivity index (χ4n) is 3.26. The average molecular weight is 348 g/mol. The first-order valence-corrected chi connectivity index (χ1v) is 8.07. The molecule has 0 atom stereocenters. The molecule has 2 aromatic heterocycles. The van der Waals surface area contributed by atoms with Crippen molar-refractivity contribution >= 4 is 21.8 Å². The third-order valence-electron chi connectivity index (χ3n) is 4.48. The highest BCUT2D eigenvalue weighted by Gasteiger charge is 2.22. The molecule has 0 unspecified atom stereocenters. The van der Waals surface area contributed by atoms with Crippen LogP contribution in [0.3, 0.4) is 0 Å². The standard InChI is InChI=1S/C20H16N2O4/c23-9-13-7-11-3-1-5-21-17(11)15(19(13)25)16-18-12(4-2-6-22-18)8-14(10-24)20(16)26/h1-8,23-26H,9-10H2. The molecule has 0 saturated carbocycles. The first-order valence-electron chi connectivity index (χ1n) is 8.07. The number of aliphatic hydroxyl groups is 2. The second-order valence-electron chi connectivity index (χ2n) is 5.99. The number of aromatic nitrogens is 2. The molecular formula is C20H16N2O4. The van der Waals surface area contributed by atoms with E-state index in [2.05, 4.69) is 9.97 Å². The van der Waals surface area contributed by atoms with Crippen molar-refractivity contribution in [3.8, 4) is 22.6 Å². The summed E-state index contributed by atoms with van der Waals surface area (Å²) in [5, 5.41) is 42.3. The SMILES string of the molecule is OCc1cc2cccnc2c(-c2c(O)c(CO)cc3cccnc23)c1O. The number of fused-ring (bicyclic) bond motifs is 2. The molecule has 0 radical (unpaired) electrons. The number of hydrogen-bond donors (Lipinski definition) is 4. The van der Waals surface area contributed by atoms with Crippen LogP contribution in [0.25, 0.3) is 32.9 Å². The molecule has 4 N–H and O–H groups in total. The van der Waals surface area contributed by atoms with Gasteiger partial charge < -0.3 is 20.4 Å². The first-order chi connectivity index (χ1) is 12.7. The molecule has 0 aliphatic rings. The summed E-state index contributed by atoms with van der Waals surface area (Å²) >= 11 is 0. The zero-order chi connectivity index (χ0) is 18.3. The molecular weight excluding hydrogens is 332 g/mol. The molecule has 0 aliphatic heterocycles. The van der Waals surface area contributed by atoms with E-state index in [4.69, 9.17) is 0 Å². The third kappa shape index (κ3) is 2.35. The van der Waals surface area contributed by atoms with E-state index < -0.39 is 0 Å². The Balaban J connectivity index is 2.24. The van der Waals surface area contributed by atoms with Crippen LogP contribution in [0.4, 0.5) is 0 Å². The van der Waals surface area contributed by atoms with Gasteiger partial charge in [0.25, 0.3) is 0 Å². The van der Waals surface area contributed by atoms with Gasteiger partial charge in [-0.25, -0.2) is 0 Å². The Morgan fingerprint density at radius 1 is 0.692 bits per heavy atom. The molecule has 0 amide bonds. The van der Waals surface area contributed by atoms with Crippen LogP contribution in [0.1, 0.15) is 11.1 Å². The molecule has 4 rings (SSSR count). The van der Waals surface area contributed by atoms with Gasteiger partial charge in [0.1, 0.15) is 11.5 Å². The van der Waals surface area contributed by atoms with Gasteiger partial charge in [-0.05, 0) is 24.3 Å². The Hall–Kier alpha value is -3.22. The van der Waals surface area contributed by atoms with Crippen molar-refractivity contribution in [2.24, 2.45) is 0 Å². The minimum atomic E-state index is -0.366. The van der Waals surface area contributed by atoms with E-state index in [1.54, 1.807) is 36.7 Å². The summed E-state index contributed by atoms with van der Waals surface area (Å²) in [6.45, 7) is -0.731. The monoisotopic (exact) mass is 348 g/mol. The zero-order valence-electron chi connectivity index (χ0n) is 13.7. The third-order valence-corrected chi connectivity index (χ3v) is 4.48. The van der Waals surface area contributed by atoms with E-state index >= 15 is 0 Å². The van der Waals surface area contributed by atoms with Gasteiger partial charge >= 0.3 is 0 Å². The number of benzene rings is 2. The van der Waals surface area contributed by atoms with Crippen LogP contribution in [-0.2, 0) is 13.2 Å². The summed E-state index contributed by atoms with van der Waals surface area (Å²) < 4.78 is 0. The summed E-state index contributed by atoms with van der Waals surface area (Å²) in [6.07, 6.45) is 3.18. The van der Waals surface area contributed by atoms with Gasteiger partial charge in [-0.3, -0.25) is 9.97 Å². The fourth-order valence-corrected chi connectivity index (χ4v) is 3.26. The second-order valence-corrected chi connectivity index (χ2v) is 5.99. The molecule has 2 aromatic carbocycles. The van der Waals surface area contributed by atoms with Crippen LogP contribution in [0, 0.1) is 0 Å². The quantitative estimate of drug-likeness (QED) is 0.454. The van der Waals surface area contributed by atoms with Crippen molar-refractivity contribution in [3.05, 3.63) is 59.9 Å². The van der Waals surface area contributed by atoms with E-state index in [1.807, 2.05) is 12.1 Å². The minimum absolute atomic E-state index is 0.170. The normalized spacial score (nSPS) is 11.3. The number of aliphatic hydroxyl groups excluding tert-OH is 2. The van der Waals surface area contributed by atoms with Crippen LogP contribution < -0.4 is 0 Å². The lowest BCUT2D eigenvalue weighted by Gasteiger charge is -2.16. The number of nitrogens with zero attached hydrogens (tertiary/aromatic N) is 2. The van der Waals surface area contributed by atoms with E-state index in [9.17, 15) is 20.4 Å². The topological polar surface area (TPSA) is 107 Å². The smallest absolute Gasteiger partial charge is 0.131 e. The van der Waals surface area contributed by atoms with Crippen LogP contribution in [0.15, 0.2) is 48.8 Å². The predicted octanol–water partition coefficient (Wildman–Crippen LogP) is 2.85. The molecule has 2 heterocycles. The lowest BCUT2D eigenvalue weighted by atomic mass is 9.93. The highest BCUT2D eigenvalue weighted by molar-refractivity contribution is 6.07. The highest BCUT2D eigenvalue weighted by Crippen LogP contribution is 2.46. The Kier molecular flexibility index (Phi) is 3.91. The fraction of sp³-hybridized carbons (Fsp3) is 0.100. The summed E-state index contributed by atoms with van der Waals surface area (Å²) in [5.74, 6) is -0.341. The molecule has 130 valence electrons. The van der Waals surface area contributed by atoms with Crippen LogP contribution >= 0.6 is 0 Å². The molecule has 0 aliphatic carbocycles. The van der Waals surface area contributed by atoms with Gasteiger partial charge in [-0.2, -0.15) is 0 Å². The maximum absolute atomic E-state index is 10.8. The van der Waals surface area contributed by atoms with Crippen molar-refractivity contribution in [2.75, 3.05) is 0 Å². The predicted molar refractivity (Wildman–Crippen MR) is 97.7 cm³/mol. The molecule has 26 heavy (non-hydrogen) atoms. The lowest BCUT2D eigenvalue weighted by Crippen LogP contribution is -1.96. The number of rotatable bonds is 3. The summed E-state index contributed by atoms with van der Waals surface area (Å²) in [7, 11) is 0. The van der Waals surface area contributed by atoms with Crippen molar-refractivity contribution in [1.29, 1.82) is 0 Å². The first kappa shape index (κ1) is 16.3. The Bertz CT molecular complexity index is 1050. The molecule has 0 bridgehead atoms. The van der Waals surface area contributed by atoms with Crippen molar-refractivity contribution in [2.45, 2.75) is 13.2 Å². The molecule has 6 heteroatoms. The second kappa shape index (κ2) is 6.25. The number of hydrogen-bond acceptors (Lipinski definition) is 6. The summed E-state index contributed by atoms with van der Waals surface area (Å²) in [5.41, 5.74) is 2.14. The molecule has 4 aromatic rings. The largest absolute Gasteiger partial charge is 0.507 e. The van der Waals surface area contributed by atoms with Gasteiger partial charge in [-0.15, -0.1) is 0 Å². The van der Waals surface area contributed by atoms with Crippen molar-refractivity contribution < 1.29 is 20.4 Å². The van der Waals surface area contributed by atoms with E-state index in [0.717, 1.165) is 0 Å². The van der Waals surface area contributed by atoms with Gasteiger partial charge in [0, 0.05) is 34.3 Å². The van der Waals surface area contributed by atoms with Crippen LogP contribution in [0.5, 0.6) is 11.5 Å². The highest BCUT2D eigenvalue weighted by atomic mass is 16.3. The maximum Gasteiger partial charge on any atom is 0.131 e. The molecule has 6 nitrogen and oxygen atoms in total. The van der Waals surface area contributed by atoms with Crippen molar-refractivity contribution in [3.63, 3.8) is 0 Å². The molecule has 0 spiro atoms. The summed E-state index contributed by atoms with van der Waals surface area (Å²) in [6, 6.07) is 10.4. The molecule has 0 fully saturated rings. The summed E-state index contributed by atoms with van der Waals surface area (Å²) in [4.78, 5) is 8.71. The van der Waals surface area contributed by atoms with Crippen LogP contribution in [0.2, 0.25) is 0 Å². The molecule has 0 saturated heterocycles. The van der Waals surface area contributed by atoms with Gasteiger partial charge in [0.2, 0.25) is 0 Å². The van der Waals surface area contributed by atoms with E-state index in [1.165, 1.54) is 0 Å². The van der Waals surface area contributed by atoms with E-state index in [0.29, 0.717) is 32.9 Å². The van der Waals surface area contributed by atoms with Gasteiger partial charge in [0.15, 0.2) is 0 Å².